The van der Waals surface area contributed by atoms with Crippen LogP contribution in [0.3, 0.4) is 0 Å². The van der Waals surface area contributed by atoms with E-state index in [2.05, 4.69) is 0 Å². The van der Waals surface area contributed by atoms with Crippen LogP contribution in [0.1, 0.15) is 42.0 Å². The summed E-state index contributed by atoms with van der Waals surface area (Å²) in [6, 6.07) is 4.10. The fraction of sp³-hybridized carbons (Fsp3) is 0.600. The second-order valence-corrected chi connectivity index (χ2v) is 6.86. The minimum atomic E-state index is -1.23. The summed E-state index contributed by atoms with van der Waals surface area (Å²) in [7, 11) is 1.32. The molecule has 0 bridgehead atoms. The van der Waals surface area contributed by atoms with Gasteiger partial charge in [0.25, 0.3) is 0 Å². The van der Waals surface area contributed by atoms with Gasteiger partial charge in [-0.2, -0.15) is 5.06 Å². The van der Waals surface area contributed by atoms with Crippen molar-refractivity contribution in [3.05, 3.63) is 34.4 Å². The number of nitrogens with zero attached hydrogens (tertiary/aromatic N) is 1. The lowest BCUT2D eigenvalue weighted by Crippen LogP contribution is -2.52. The Bertz CT molecular complexity index is 639. The third kappa shape index (κ3) is 4.62. The van der Waals surface area contributed by atoms with Crippen molar-refractivity contribution in [3.8, 4) is 0 Å². The standard InChI is InChI=1S/C20H29NO5/c1-6-25-21-9-7-20(8-10-21,19(23)24-5)26-18(22)13-17-15(3)11-14(2)12-16(17)4/h11-12H,6-10,13H2,1-5H3. The van der Waals surface area contributed by atoms with Gasteiger partial charge in [0.1, 0.15) is 0 Å². The van der Waals surface area contributed by atoms with Gasteiger partial charge in [0, 0.05) is 25.9 Å². The number of benzene rings is 1. The van der Waals surface area contributed by atoms with E-state index < -0.39 is 17.5 Å². The maximum atomic E-state index is 12.6. The molecule has 1 aromatic rings. The van der Waals surface area contributed by atoms with Crippen LogP contribution in [0.4, 0.5) is 0 Å². The Morgan fingerprint density at radius 2 is 1.69 bits per heavy atom. The molecule has 0 aliphatic carbocycles. The monoisotopic (exact) mass is 363 g/mol. The first-order valence-corrected chi connectivity index (χ1v) is 9.06. The second kappa shape index (κ2) is 8.64. The van der Waals surface area contributed by atoms with Crippen LogP contribution < -0.4 is 0 Å². The van der Waals surface area contributed by atoms with Crippen molar-refractivity contribution in [3.63, 3.8) is 0 Å². The lowest BCUT2D eigenvalue weighted by atomic mass is 9.91. The van der Waals surface area contributed by atoms with Crippen LogP contribution >= 0.6 is 0 Å². The number of hydrogen-bond donors (Lipinski definition) is 0. The van der Waals surface area contributed by atoms with E-state index >= 15 is 0 Å². The highest BCUT2D eigenvalue weighted by atomic mass is 16.7. The fourth-order valence-corrected chi connectivity index (χ4v) is 3.58. The number of methoxy groups -OCH3 is 1. The van der Waals surface area contributed by atoms with Crippen molar-refractivity contribution < 1.29 is 23.9 Å². The SMILES string of the molecule is CCON1CCC(OC(=O)Cc2c(C)cc(C)cc2C)(C(=O)OC)CC1. The molecule has 0 amide bonds. The zero-order chi connectivity index (χ0) is 19.3. The van der Waals surface area contributed by atoms with Gasteiger partial charge in [0.15, 0.2) is 0 Å². The van der Waals surface area contributed by atoms with Crippen LogP contribution in [-0.4, -0.2) is 49.4 Å². The molecule has 1 fully saturated rings. The minimum absolute atomic E-state index is 0.145. The summed E-state index contributed by atoms with van der Waals surface area (Å²) in [6.45, 7) is 9.50. The van der Waals surface area contributed by atoms with Crippen LogP contribution in [-0.2, 0) is 30.3 Å². The molecule has 144 valence electrons. The molecule has 0 N–H and O–H groups in total. The Morgan fingerprint density at radius 3 is 2.19 bits per heavy atom. The summed E-state index contributed by atoms with van der Waals surface area (Å²) < 4.78 is 10.6. The number of hydrogen-bond acceptors (Lipinski definition) is 6. The van der Waals surface area contributed by atoms with E-state index in [4.69, 9.17) is 14.3 Å². The fourth-order valence-electron chi connectivity index (χ4n) is 3.58. The highest BCUT2D eigenvalue weighted by Gasteiger charge is 2.46. The third-order valence-electron chi connectivity index (χ3n) is 4.87. The quantitative estimate of drug-likeness (QED) is 0.724. The first-order chi connectivity index (χ1) is 12.3. The van der Waals surface area contributed by atoms with E-state index in [0.717, 1.165) is 22.3 Å². The van der Waals surface area contributed by atoms with E-state index in [9.17, 15) is 9.59 Å². The number of carbonyl (C=O) groups excluding carboxylic acids is 2. The smallest absolute Gasteiger partial charge is 0.350 e. The molecule has 0 aromatic heterocycles. The molecule has 1 aromatic carbocycles. The number of piperidine rings is 1. The van der Waals surface area contributed by atoms with Crippen LogP contribution in [0, 0.1) is 20.8 Å². The first-order valence-electron chi connectivity index (χ1n) is 9.06. The Hall–Kier alpha value is -1.92. The van der Waals surface area contributed by atoms with Gasteiger partial charge in [0.2, 0.25) is 5.60 Å². The molecule has 0 radical (unpaired) electrons. The zero-order valence-corrected chi connectivity index (χ0v) is 16.4. The molecule has 0 spiro atoms. The molecular weight excluding hydrogens is 334 g/mol. The van der Waals surface area contributed by atoms with Crippen molar-refractivity contribution in [2.75, 3.05) is 26.8 Å². The molecule has 0 saturated carbocycles. The van der Waals surface area contributed by atoms with Gasteiger partial charge in [0.05, 0.1) is 20.1 Å². The van der Waals surface area contributed by atoms with E-state index in [-0.39, 0.29) is 6.42 Å². The Kier molecular flexibility index (Phi) is 6.78. The Morgan fingerprint density at radius 1 is 1.12 bits per heavy atom. The lowest BCUT2D eigenvalue weighted by Gasteiger charge is -2.38. The molecule has 6 nitrogen and oxygen atoms in total. The highest BCUT2D eigenvalue weighted by Crippen LogP contribution is 2.29. The van der Waals surface area contributed by atoms with Gasteiger partial charge < -0.3 is 9.47 Å². The van der Waals surface area contributed by atoms with Gasteiger partial charge in [-0.15, -0.1) is 0 Å². The Balaban J connectivity index is 2.12. The average Bonchev–Trinajstić information content (AvgIpc) is 2.59. The normalized spacial score (nSPS) is 17.0. The third-order valence-corrected chi connectivity index (χ3v) is 4.87. The molecule has 1 heterocycles. The zero-order valence-electron chi connectivity index (χ0n) is 16.4. The van der Waals surface area contributed by atoms with E-state index in [1.165, 1.54) is 7.11 Å². The number of aryl methyl sites for hydroxylation is 3. The van der Waals surface area contributed by atoms with Gasteiger partial charge in [-0.3, -0.25) is 9.63 Å². The first kappa shape index (κ1) is 20.4. The van der Waals surface area contributed by atoms with Gasteiger partial charge in [-0.05, 0) is 44.4 Å². The van der Waals surface area contributed by atoms with Crippen molar-refractivity contribution in [2.24, 2.45) is 0 Å². The van der Waals surface area contributed by atoms with Crippen molar-refractivity contribution in [1.29, 1.82) is 0 Å². The molecule has 6 heteroatoms. The molecule has 26 heavy (non-hydrogen) atoms. The number of ether oxygens (including phenoxy) is 2. The number of esters is 2. The molecule has 0 atom stereocenters. The predicted molar refractivity (Wildman–Crippen MR) is 97.6 cm³/mol. The average molecular weight is 363 g/mol. The van der Waals surface area contributed by atoms with Crippen LogP contribution in [0.15, 0.2) is 12.1 Å². The number of rotatable bonds is 6. The van der Waals surface area contributed by atoms with E-state index in [1.54, 1.807) is 5.06 Å². The van der Waals surface area contributed by atoms with E-state index in [1.807, 2.05) is 39.8 Å². The maximum Gasteiger partial charge on any atom is 0.350 e. The summed E-state index contributed by atoms with van der Waals surface area (Å²) in [4.78, 5) is 30.5. The van der Waals surface area contributed by atoms with Crippen LogP contribution in [0.2, 0.25) is 0 Å². The summed E-state index contributed by atoms with van der Waals surface area (Å²) in [5.74, 6) is -0.908. The molecule has 0 unspecified atom stereocenters. The van der Waals surface area contributed by atoms with Gasteiger partial charge >= 0.3 is 11.9 Å². The molecule has 2 rings (SSSR count). The second-order valence-electron chi connectivity index (χ2n) is 6.86. The predicted octanol–water partition coefficient (Wildman–Crippen LogP) is 2.66. The van der Waals surface area contributed by atoms with Gasteiger partial charge in [-0.1, -0.05) is 17.7 Å². The van der Waals surface area contributed by atoms with E-state index in [0.29, 0.717) is 32.5 Å². The number of hydroxylamine groups is 2. The highest BCUT2D eigenvalue weighted by molar-refractivity contribution is 5.84. The molecule has 1 aliphatic heterocycles. The molecular formula is C20H29NO5. The largest absolute Gasteiger partial charge is 0.466 e. The Labute approximate surface area is 155 Å². The van der Waals surface area contributed by atoms with Crippen molar-refractivity contribution in [1.82, 2.24) is 5.06 Å². The number of carbonyl (C=O) groups is 2. The van der Waals surface area contributed by atoms with Gasteiger partial charge in [-0.25, -0.2) is 4.79 Å². The summed E-state index contributed by atoms with van der Waals surface area (Å²) in [5.41, 5.74) is 2.99. The summed E-state index contributed by atoms with van der Waals surface area (Å²) in [5, 5.41) is 1.79. The summed E-state index contributed by atoms with van der Waals surface area (Å²) >= 11 is 0. The lowest BCUT2D eigenvalue weighted by molar-refractivity contribution is -0.212. The molecule has 1 saturated heterocycles. The van der Waals surface area contributed by atoms with Crippen molar-refractivity contribution >= 4 is 11.9 Å². The van der Waals surface area contributed by atoms with Crippen LogP contribution in [0.25, 0.3) is 0 Å². The molecule has 1 aliphatic rings. The maximum absolute atomic E-state index is 12.6. The topological polar surface area (TPSA) is 65.1 Å². The van der Waals surface area contributed by atoms with Crippen molar-refractivity contribution in [2.45, 2.75) is 52.6 Å². The summed E-state index contributed by atoms with van der Waals surface area (Å²) in [6.07, 6.45) is 0.862. The van der Waals surface area contributed by atoms with Crippen LogP contribution in [0.5, 0.6) is 0 Å². The minimum Gasteiger partial charge on any atom is -0.466 e.